The smallest absolute Gasteiger partial charge is 0.215 e. The molecule has 2 aromatic carbocycles. The van der Waals surface area contributed by atoms with Gasteiger partial charge in [0.2, 0.25) is 0 Å². The molecule has 0 spiro atoms. The van der Waals surface area contributed by atoms with Crippen LogP contribution < -0.4 is 0 Å². The summed E-state index contributed by atoms with van der Waals surface area (Å²) in [5.41, 5.74) is -0.216. The van der Waals surface area contributed by atoms with Gasteiger partial charge in [0.05, 0.1) is 11.3 Å². The third-order valence-electron chi connectivity index (χ3n) is 3.09. The minimum absolute atomic E-state index is 0.0718. The van der Waals surface area contributed by atoms with Crippen LogP contribution >= 0.6 is 11.6 Å². The summed E-state index contributed by atoms with van der Waals surface area (Å²) in [4.78, 5) is 4.06. The molecular weight excluding hydrogens is 315 g/mol. The van der Waals surface area contributed by atoms with Crippen molar-refractivity contribution in [2.45, 2.75) is 6.18 Å². The van der Waals surface area contributed by atoms with Crippen molar-refractivity contribution < 1.29 is 13.2 Å². The molecule has 0 amide bonds. The van der Waals surface area contributed by atoms with Gasteiger partial charge >= 0.3 is 6.18 Å². The number of rotatable bonds is 2. The minimum Gasteiger partial charge on any atom is -0.215 e. The normalized spacial score (nSPS) is 11.6. The molecule has 3 rings (SSSR count). The second kappa shape index (κ2) is 5.46. The highest BCUT2D eigenvalue weighted by Gasteiger charge is 2.34. The Balaban J connectivity index is 2.16. The Kier molecular flexibility index (Phi) is 3.62. The van der Waals surface area contributed by atoms with Crippen LogP contribution in [0.1, 0.15) is 5.56 Å². The van der Waals surface area contributed by atoms with Crippen LogP contribution in [-0.2, 0) is 6.18 Å². The number of hydrogen-bond donors (Lipinski definition) is 0. The summed E-state index contributed by atoms with van der Waals surface area (Å²) >= 11 is 5.82. The van der Waals surface area contributed by atoms with Crippen LogP contribution in [0.25, 0.3) is 17.1 Å². The van der Waals surface area contributed by atoms with Crippen molar-refractivity contribution in [3.05, 3.63) is 65.4 Å². The van der Waals surface area contributed by atoms with E-state index in [9.17, 15) is 13.2 Å². The maximum absolute atomic E-state index is 13.1. The standard InChI is InChI=1S/C15H9ClF3N3/c16-11-7-5-10(6-8-11)14-20-9-21-22(14)13-4-2-1-3-12(13)15(17,18)19/h1-9H. The first kappa shape index (κ1) is 14.6. The van der Waals surface area contributed by atoms with Gasteiger partial charge in [-0.2, -0.15) is 18.3 Å². The number of benzene rings is 2. The third kappa shape index (κ3) is 2.69. The topological polar surface area (TPSA) is 30.7 Å². The lowest BCUT2D eigenvalue weighted by atomic mass is 10.1. The molecule has 22 heavy (non-hydrogen) atoms. The van der Waals surface area contributed by atoms with Gasteiger partial charge in [0, 0.05) is 10.6 Å². The summed E-state index contributed by atoms with van der Waals surface area (Å²) in [6.07, 6.45) is -3.25. The molecule has 1 heterocycles. The van der Waals surface area contributed by atoms with E-state index >= 15 is 0 Å². The van der Waals surface area contributed by atoms with Gasteiger partial charge < -0.3 is 0 Å². The molecule has 0 aliphatic carbocycles. The summed E-state index contributed by atoms with van der Waals surface area (Å²) in [6.45, 7) is 0. The third-order valence-corrected chi connectivity index (χ3v) is 3.34. The monoisotopic (exact) mass is 323 g/mol. The molecular formula is C15H9ClF3N3. The summed E-state index contributed by atoms with van der Waals surface area (Å²) in [7, 11) is 0. The van der Waals surface area contributed by atoms with E-state index in [0.717, 1.165) is 6.07 Å². The van der Waals surface area contributed by atoms with Crippen molar-refractivity contribution in [2.24, 2.45) is 0 Å². The van der Waals surface area contributed by atoms with E-state index in [1.54, 1.807) is 24.3 Å². The van der Waals surface area contributed by atoms with Gasteiger partial charge in [-0.05, 0) is 36.4 Å². The van der Waals surface area contributed by atoms with Gasteiger partial charge in [0.15, 0.2) is 5.82 Å². The summed E-state index contributed by atoms with van der Waals surface area (Å²) in [6, 6.07) is 11.9. The molecule has 0 radical (unpaired) electrons. The Morgan fingerprint density at radius 1 is 0.955 bits per heavy atom. The molecule has 1 aromatic heterocycles. The lowest BCUT2D eigenvalue weighted by Crippen LogP contribution is -2.12. The van der Waals surface area contributed by atoms with Crippen molar-refractivity contribution in [1.29, 1.82) is 0 Å². The number of halogens is 4. The van der Waals surface area contributed by atoms with E-state index in [1.807, 2.05) is 0 Å². The summed E-state index contributed by atoms with van der Waals surface area (Å²) in [5, 5.41) is 4.46. The second-order valence-electron chi connectivity index (χ2n) is 4.52. The highest BCUT2D eigenvalue weighted by atomic mass is 35.5. The van der Waals surface area contributed by atoms with Crippen LogP contribution in [0.4, 0.5) is 13.2 Å². The molecule has 112 valence electrons. The number of aromatic nitrogens is 3. The Bertz CT molecular complexity index is 794. The molecule has 0 N–H and O–H groups in total. The zero-order chi connectivity index (χ0) is 15.7. The van der Waals surface area contributed by atoms with Gasteiger partial charge in [0.25, 0.3) is 0 Å². The molecule has 0 unspecified atom stereocenters. The van der Waals surface area contributed by atoms with Gasteiger partial charge in [-0.1, -0.05) is 23.7 Å². The molecule has 0 saturated heterocycles. The van der Waals surface area contributed by atoms with Gasteiger partial charge in [-0.15, -0.1) is 0 Å². The molecule has 7 heteroatoms. The fourth-order valence-electron chi connectivity index (χ4n) is 2.11. The number of hydrogen-bond acceptors (Lipinski definition) is 2. The zero-order valence-corrected chi connectivity index (χ0v) is 11.8. The van der Waals surface area contributed by atoms with Crippen molar-refractivity contribution in [2.75, 3.05) is 0 Å². The molecule has 0 bridgehead atoms. The Morgan fingerprint density at radius 3 is 2.32 bits per heavy atom. The second-order valence-corrected chi connectivity index (χ2v) is 4.95. The summed E-state index contributed by atoms with van der Waals surface area (Å²) in [5.74, 6) is 0.313. The van der Waals surface area contributed by atoms with E-state index in [1.165, 1.54) is 29.2 Å². The SMILES string of the molecule is FC(F)(F)c1ccccc1-n1ncnc1-c1ccc(Cl)cc1. The van der Waals surface area contributed by atoms with E-state index in [4.69, 9.17) is 11.6 Å². The lowest BCUT2D eigenvalue weighted by Gasteiger charge is -2.14. The van der Waals surface area contributed by atoms with Gasteiger partial charge in [-0.25, -0.2) is 9.67 Å². The fraction of sp³-hybridized carbons (Fsp3) is 0.0667. The maximum atomic E-state index is 13.1. The first-order valence-corrected chi connectivity index (χ1v) is 6.67. The first-order valence-electron chi connectivity index (χ1n) is 6.29. The molecule has 3 aromatic rings. The largest absolute Gasteiger partial charge is 0.418 e. The molecule has 3 nitrogen and oxygen atoms in total. The maximum Gasteiger partial charge on any atom is 0.418 e. The highest BCUT2D eigenvalue weighted by Crippen LogP contribution is 2.34. The number of para-hydroxylation sites is 1. The average Bonchev–Trinajstić information content (AvgIpc) is 2.96. The highest BCUT2D eigenvalue weighted by molar-refractivity contribution is 6.30. The Labute approximate surface area is 129 Å². The Morgan fingerprint density at radius 2 is 1.64 bits per heavy atom. The van der Waals surface area contributed by atoms with Crippen molar-refractivity contribution in [3.63, 3.8) is 0 Å². The van der Waals surface area contributed by atoms with Crippen LogP contribution in [-0.4, -0.2) is 14.8 Å². The van der Waals surface area contributed by atoms with Gasteiger partial charge in [0.1, 0.15) is 6.33 Å². The number of alkyl halides is 3. The summed E-state index contributed by atoms with van der Waals surface area (Å²) < 4.78 is 40.6. The van der Waals surface area contributed by atoms with Crippen LogP contribution in [0.2, 0.25) is 5.02 Å². The molecule has 0 aliphatic heterocycles. The zero-order valence-electron chi connectivity index (χ0n) is 11.0. The van der Waals surface area contributed by atoms with Crippen molar-refractivity contribution in [1.82, 2.24) is 14.8 Å². The number of nitrogens with zero attached hydrogens (tertiary/aromatic N) is 3. The molecule has 0 saturated carbocycles. The van der Waals surface area contributed by atoms with Crippen LogP contribution in [0.5, 0.6) is 0 Å². The van der Waals surface area contributed by atoms with Crippen molar-refractivity contribution >= 4 is 11.6 Å². The average molecular weight is 324 g/mol. The first-order chi connectivity index (χ1) is 10.5. The quantitative estimate of drug-likeness (QED) is 0.689. The molecule has 0 fully saturated rings. The van der Waals surface area contributed by atoms with E-state index in [-0.39, 0.29) is 5.69 Å². The van der Waals surface area contributed by atoms with E-state index in [0.29, 0.717) is 16.4 Å². The van der Waals surface area contributed by atoms with Crippen LogP contribution in [0.3, 0.4) is 0 Å². The molecule has 0 atom stereocenters. The fourth-order valence-corrected chi connectivity index (χ4v) is 2.24. The Hall–Kier alpha value is -2.34. The van der Waals surface area contributed by atoms with E-state index in [2.05, 4.69) is 10.1 Å². The van der Waals surface area contributed by atoms with Crippen molar-refractivity contribution in [3.8, 4) is 17.1 Å². The van der Waals surface area contributed by atoms with Crippen LogP contribution in [0, 0.1) is 0 Å². The predicted octanol–water partition coefficient (Wildman–Crippen LogP) is 4.61. The van der Waals surface area contributed by atoms with E-state index < -0.39 is 11.7 Å². The predicted molar refractivity (Wildman–Crippen MR) is 76.8 cm³/mol. The lowest BCUT2D eigenvalue weighted by molar-refractivity contribution is -0.137. The van der Waals surface area contributed by atoms with Gasteiger partial charge in [-0.3, -0.25) is 0 Å². The van der Waals surface area contributed by atoms with Crippen LogP contribution in [0.15, 0.2) is 54.9 Å². The minimum atomic E-state index is -4.47. The molecule has 0 aliphatic rings.